The number of piperazine rings is 1. The van der Waals surface area contributed by atoms with Gasteiger partial charge in [-0.15, -0.1) is 0 Å². The Labute approximate surface area is 249 Å². The molecule has 6 rings (SSSR count). The molecule has 0 radical (unpaired) electrons. The smallest absolute Gasteiger partial charge is 0.330 e. The van der Waals surface area contributed by atoms with E-state index in [1.165, 1.54) is 14.7 Å². The van der Waals surface area contributed by atoms with Crippen LogP contribution in [0.5, 0.6) is 0 Å². The van der Waals surface area contributed by atoms with Gasteiger partial charge < -0.3 is 14.9 Å². The van der Waals surface area contributed by atoms with Crippen LogP contribution in [0.4, 0.5) is 32.3 Å². The molecule has 4 aromatic rings. The van der Waals surface area contributed by atoms with Crippen molar-refractivity contribution in [2.45, 2.75) is 19.4 Å². The van der Waals surface area contributed by atoms with E-state index < -0.39 is 18.0 Å². The lowest BCUT2D eigenvalue weighted by Gasteiger charge is -2.42. The number of nitrogens with zero attached hydrogens (tertiary/aromatic N) is 4. The van der Waals surface area contributed by atoms with Gasteiger partial charge in [0.05, 0.1) is 29.3 Å². The Balaban J connectivity index is 1.34. The van der Waals surface area contributed by atoms with E-state index in [1.807, 2.05) is 67.6 Å². The quantitative estimate of drug-likeness (QED) is 0.322. The van der Waals surface area contributed by atoms with Crippen molar-refractivity contribution in [1.29, 1.82) is 0 Å². The molecule has 0 unspecified atom stereocenters. The Hall–Kier alpha value is -5.44. The minimum Gasteiger partial charge on any atom is -0.480 e. The first-order valence-electron chi connectivity index (χ1n) is 14.1. The molecule has 0 spiro atoms. The fourth-order valence-corrected chi connectivity index (χ4v) is 5.80. The maximum Gasteiger partial charge on any atom is 0.330 e. The molecule has 1 N–H and O–H groups in total. The number of ketones is 1. The number of Topliss-reactive ketones (excluding diaryl/α,β-unsaturated/α-hetero) is 1. The Morgan fingerprint density at radius 1 is 0.791 bits per heavy atom. The number of aliphatic carboxylic acids is 1. The molecule has 0 aliphatic carbocycles. The van der Waals surface area contributed by atoms with Gasteiger partial charge in [-0.25, -0.2) is 14.4 Å². The number of hydrogen-bond acceptors (Lipinski definition) is 4. The van der Waals surface area contributed by atoms with Gasteiger partial charge in [-0.05, 0) is 54.4 Å². The van der Waals surface area contributed by atoms with Crippen molar-refractivity contribution in [3.8, 4) is 0 Å². The molecule has 1 saturated heterocycles. The van der Waals surface area contributed by atoms with Crippen LogP contribution in [0.2, 0.25) is 0 Å². The summed E-state index contributed by atoms with van der Waals surface area (Å²) in [5.41, 5.74) is 4.22. The third kappa shape index (κ3) is 5.10. The SMILES string of the molecule is Cc1ccccc1N(C(=O)N1CCN(C(=O)N2c3ccccc3CC(=O)c3ccccc32)[C@H](C(=O)O)C1)c1ccccc1. The zero-order chi connectivity index (χ0) is 30.1. The van der Waals surface area contributed by atoms with Gasteiger partial charge in [0.15, 0.2) is 5.78 Å². The van der Waals surface area contributed by atoms with Crippen LogP contribution < -0.4 is 9.80 Å². The van der Waals surface area contributed by atoms with Crippen molar-refractivity contribution < 1.29 is 24.3 Å². The molecule has 0 aromatic heterocycles. The average molecular weight is 575 g/mol. The van der Waals surface area contributed by atoms with Crippen LogP contribution in [0.1, 0.15) is 21.5 Å². The number of fused-ring (bicyclic) bond motifs is 2. The molecule has 2 aliphatic heterocycles. The van der Waals surface area contributed by atoms with Crippen LogP contribution in [0.15, 0.2) is 103 Å². The molecule has 0 saturated carbocycles. The number of carboxylic acid groups (broad SMARTS) is 1. The van der Waals surface area contributed by atoms with Gasteiger partial charge in [0.25, 0.3) is 0 Å². The minimum atomic E-state index is -1.31. The van der Waals surface area contributed by atoms with Crippen LogP contribution >= 0.6 is 0 Å². The third-order valence-corrected chi connectivity index (χ3v) is 7.96. The number of carbonyl (C=O) groups is 4. The highest BCUT2D eigenvalue weighted by molar-refractivity contribution is 6.12. The summed E-state index contributed by atoms with van der Waals surface area (Å²) in [4.78, 5) is 60.0. The lowest BCUT2D eigenvalue weighted by atomic mass is 10.0. The Morgan fingerprint density at radius 3 is 2.19 bits per heavy atom. The number of aryl methyl sites for hydroxylation is 1. The number of benzene rings is 4. The number of anilines is 4. The summed E-state index contributed by atoms with van der Waals surface area (Å²) in [6.07, 6.45) is 0.121. The van der Waals surface area contributed by atoms with Crippen molar-refractivity contribution in [3.63, 3.8) is 0 Å². The summed E-state index contributed by atoms with van der Waals surface area (Å²) in [5.74, 6) is -1.35. The van der Waals surface area contributed by atoms with Crippen LogP contribution in [0, 0.1) is 6.92 Å². The number of carbonyl (C=O) groups excluding carboxylic acids is 3. The first-order chi connectivity index (χ1) is 20.8. The first-order valence-corrected chi connectivity index (χ1v) is 14.1. The van der Waals surface area contributed by atoms with Gasteiger partial charge in [-0.3, -0.25) is 14.6 Å². The molecule has 1 atom stereocenters. The molecule has 216 valence electrons. The molecule has 43 heavy (non-hydrogen) atoms. The van der Waals surface area contributed by atoms with Crippen LogP contribution in [0.3, 0.4) is 0 Å². The van der Waals surface area contributed by atoms with Crippen molar-refractivity contribution in [1.82, 2.24) is 9.80 Å². The van der Waals surface area contributed by atoms with Crippen LogP contribution in [-0.4, -0.2) is 64.4 Å². The Kier molecular flexibility index (Phi) is 7.38. The molecule has 2 aliphatic rings. The summed E-state index contributed by atoms with van der Waals surface area (Å²) in [5, 5.41) is 10.3. The van der Waals surface area contributed by atoms with Gasteiger partial charge >= 0.3 is 18.0 Å². The first kappa shape index (κ1) is 27.7. The van der Waals surface area contributed by atoms with E-state index in [2.05, 4.69) is 0 Å². The van der Waals surface area contributed by atoms with Gasteiger partial charge in [0, 0.05) is 25.1 Å². The van der Waals surface area contributed by atoms with Crippen molar-refractivity contribution >= 4 is 46.6 Å². The number of rotatable bonds is 3. The van der Waals surface area contributed by atoms with E-state index in [0.29, 0.717) is 33.9 Å². The number of carboxylic acids is 1. The zero-order valence-electron chi connectivity index (χ0n) is 23.6. The second-order valence-electron chi connectivity index (χ2n) is 10.6. The highest BCUT2D eigenvalue weighted by Gasteiger charge is 2.42. The van der Waals surface area contributed by atoms with Gasteiger partial charge in [0.1, 0.15) is 6.04 Å². The molecule has 4 amide bonds. The molecule has 9 nitrogen and oxygen atoms in total. The second kappa shape index (κ2) is 11.4. The maximum absolute atomic E-state index is 14.3. The highest BCUT2D eigenvalue weighted by Crippen LogP contribution is 2.37. The summed E-state index contributed by atoms with van der Waals surface area (Å²) in [6, 6.07) is 28.5. The highest BCUT2D eigenvalue weighted by atomic mass is 16.4. The number of para-hydroxylation sites is 4. The monoisotopic (exact) mass is 574 g/mol. The lowest BCUT2D eigenvalue weighted by molar-refractivity contribution is -0.143. The Bertz CT molecular complexity index is 1720. The fourth-order valence-electron chi connectivity index (χ4n) is 5.80. The topological polar surface area (TPSA) is 101 Å². The maximum atomic E-state index is 14.3. The molecule has 4 aromatic carbocycles. The second-order valence-corrected chi connectivity index (χ2v) is 10.6. The number of amides is 4. The average Bonchev–Trinajstić information content (AvgIpc) is 3.15. The molecule has 2 heterocycles. The molecular formula is C34H30N4O5. The van der Waals surface area contributed by atoms with E-state index >= 15 is 0 Å². The number of urea groups is 2. The largest absolute Gasteiger partial charge is 0.480 e. The van der Waals surface area contributed by atoms with Crippen LogP contribution in [0.25, 0.3) is 0 Å². The summed E-state index contributed by atoms with van der Waals surface area (Å²) >= 11 is 0. The van der Waals surface area contributed by atoms with E-state index in [9.17, 15) is 24.3 Å². The van der Waals surface area contributed by atoms with E-state index in [-0.39, 0.29) is 37.9 Å². The molecule has 1 fully saturated rings. The molecular weight excluding hydrogens is 544 g/mol. The summed E-state index contributed by atoms with van der Waals surface area (Å²) < 4.78 is 0. The predicted molar refractivity (Wildman–Crippen MR) is 163 cm³/mol. The summed E-state index contributed by atoms with van der Waals surface area (Å²) in [7, 11) is 0. The van der Waals surface area contributed by atoms with E-state index in [4.69, 9.17) is 0 Å². The van der Waals surface area contributed by atoms with E-state index in [0.717, 1.165) is 5.56 Å². The van der Waals surface area contributed by atoms with E-state index in [1.54, 1.807) is 47.4 Å². The minimum absolute atomic E-state index is 0.00722. The number of hydrogen-bond donors (Lipinski definition) is 1. The predicted octanol–water partition coefficient (Wildman–Crippen LogP) is 6.02. The molecule has 9 heteroatoms. The van der Waals surface area contributed by atoms with Gasteiger partial charge in [0.2, 0.25) is 0 Å². The standard InChI is InChI=1S/C34H30N4O5/c1-23-11-5-8-16-27(23)37(25-13-3-2-4-14-25)33(42)35-19-20-36(30(22-35)32(40)41)34(43)38-28-17-9-6-12-24(28)21-31(39)26-15-7-10-18-29(26)38/h2-18,30H,19-22H2,1H3,(H,40,41)/t30-/m0/s1. The zero-order valence-corrected chi connectivity index (χ0v) is 23.6. The lowest BCUT2D eigenvalue weighted by Crippen LogP contribution is -2.62. The van der Waals surface area contributed by atoms with Gasteiger partial charge in [-0.2, -0.15) is 0 Å². The van der Waals surface area contributed by atoms with Crippen molar-refractivity contribution in [2.24, 2.45) is 0 Å². The normalized spacial score (nSPS) is 16.2. The van der Waals surface area contributed by atoms with Gasteiger partial charge in [-0.1, -0.05) is 66.7 Å². The van der Waals surface area contributed by atoms with Crippen molar-refractivity contribution in [3.05, 3.63) is 120 Å². The van der Waals surface area contributed by atoms with Crippen molar-refractivity contribution in [2.75, 3.05) is 29.4 Å². The fraction of sp³-hybridized carbons (Fsp3) is 0.176. The summed E-state index contributed by atoms with van der Waals surface area (Å²) in [6.45, 7) is 1.83. The Morgan fingerprint density at radius 2 is 1.44 bits per heavy atom. The molecule has 0 bridgehead atoms. The third-order valence-electron chi connectivity index (χ3n) is 7.96. The van der Waals surface area contributed by atoms with Crippen LogP contribution in [-0.2, 0) is 11.2 Å².